The highest BCUT2D eigenvalue weighted by atomic mass is 79.9. The van der Waals surface area contributed by atoms with Gasteiger partial charge in [0.15, 0.2) is 5.76 Å². The van der Waals surface area contributed by atoms with Crippen molar-refractivity contribution in [2.75, 3.05) is 5.32 Å². The Balaban J connectivity index is 1.49. The van der Waals surface area contributed by atoms with Gasteiger partial charge in [-0.1, -0.05) is 63.4 Å². The van der Waals surface area contributed by atoms with Crippen molar-refractivity contribution in [1.29, 1.82) is 0 Å². The van der Waals surface area contributed by atoms with E-state index in [4.69, 9.17) is 27.6 Å². The van der Waals surface area contributed by atoms with E-state index in [1.54, 1.807) is 24.3 Å². The Morgan fingerprint density at radius 3 is 2.56 bits per heavy atom. The van der Waals surface area contributed by atoms with Crippen LogP contribution in [0.4, 0.5) is 5.69 Å². The van der Waals surface area contributed by atoms with Crippen molar-refractivity contribution in [1.82, 2.24) is 4.98 Å². The number of rotatable bonds is 4. The van der Waals surface area contributed by atoms with E-state index in [2.05, 4.69) is 26.2 Å². The van der Waals surface area contributed by atoms with Crippen LogP contribution in [-0.2, 0) is 0 Å². The van der Waals surface area contributed by atoms with E-state index >= 15 is 0 Å². The third-order valence-electron chi connectivity index (χ3n) is 4.78. The third kappa shape index (κ3) is 4.19. The normalized spacial score (nSPS) is 11.1. The number of thiazole rings is 1. The molecule has 5 rings (SSSR count). The minimum absolute atomic E-state index is 0.171. The minimum Gasteiger partial charge on any atom is -0.451 e. The molecular weight excluding hydrogens is 531 g/mol. The van der Waals surface area contributed by atoms with Gasteiger partial charge in [0.1, 0.15) is 10.8 Å². The van der Waals surface area contributed by atoms with Gasteiger partial charge in [0, 0.05) is 20.6 Å². The summed E-state index contributed by atoms with van der Waals surface area (Å²) in [7, 11) is 0. The van der Waals surface area contributed by atoms with Gasteiger partial charge in [-0.05, 0) is 48.5 Å². The molecule has 1 N–H and O–H groups in total. The lowest BCUT2D eigenvalue weighted by Crippen LogP contribution is -2.12. The number of aromatic nitrogens is 1. The van der Waals surface area contributed by atoms with Crippen molar-refractivity contribution in [3.8, 4) is 21.9 Å². The summed E-state index contributed by atoms with van der Waals surface area (Å²) in [5.41, 5.74) is 2.82. The summed E-state index contributed by atoms with van der Waals surface area (Å²) >= 11 is 17.6. The number of nitrogens with zero attached hydrogens (tertiary/aromatic N) is 1. The molecule has 5 aromatic rings. The molecule has 0 fully saturated rings. The Kier molecular flexibility index (Phi) is 5.78. The quantitative estimate of drug-likeness (QED) is 0.247. The van der Waals surface area contributed by atoms with Crippen LogP contribution in [0.3, 0.4) is 0 Å². The topological polar surface area (TPSA) is 55.1 Å². The van der Waals surface area contributed by atoms with E-state index < -0.39 is 5.91 Å². The highest BCUT2D eigenvalue weighted by Crippen LogP contribution is 2.40. The summed E-state index contributed by atoms with van der Waals surface area (Å²) in [5, 5.41) is 4.36. The average Bonchev–Trinajstić information content (AvgIpc) is 3.43. The maximum Gasteiger partial charge on any atom is 0.291 e. The number of anilines is 1. The molecule has 0 spiro atoms. The second kappa shape index (κ2) is 8.71. The first-order chi connectivity index (χ1) is 15.5. The Labute approximate surface area is 205 Å². The van der Waals surface area contributed by atoms with Crippen molar-refractivity contribution in [2.45, 2.75) is 0 Å². The predicted octanol–water partition coefficient (Wildman–Crippen LogP) is 8.54. The van der Waals surface area contributed by atoms with Gasteiger partial charge in [-0.15, -0.1) is 11.3 Å². The Morgan fingerprint density at radius 1 is 1.00 bits per heavy atom. The van der Waals surface area contributed by atoms with Gasteiger partial charge in [-0.3, -0.25) is 4.79 Å². The molecule has 0 aliphatic heterocycles. The first-order valence-electron chi connectivity index (χ1n) is 9.50. The van der Waals surface area contributed by atoms with Crippen LogP contribution in [0.2, 0.25) is 10.0 Å². The third-order valence-corrected chi connectivity index (χ3v) is 6.89. The molecule has 0 unspecified atom stereocenters. The maximum atomic E-state index is 13.0. The van der Waals surface area contributed by atoms with Crippen LogP contribution in [0.25, 0.3) is 32.1 Å². The average molecular weight is 544 g/mol. The highest BCUT2D eigenvalue weighted by Gasteiger charge is 2.20. The minimum atomic E-state index is -0.417. The standard InChI is InChI=1S/C24H13BrCl2N2O2S/c25-14-7-5-13(6-8-14)19-9-10-20(31-19)23(30)29-22-16(11-15(26)12-17(22)27)24-28-18-3-1-2-4-21(18)32-24/h1-12H,(H,29,30). The van der Waals surface area contributed by atoms with Crippen molar-refractivity contribution >= 4 is 72.3 Å². The van der Waals surface area contributed by atoms with Gasteiger partial charge in [0.2, 0.25) is 0 Å². The zero-order chi connectivity index (χ0) is 22.2. The van der Waals surface area contributed by atoms with E-state index in [0.717, 1.165) is 20.3 Å². The summed E-state index contributed by atoms with van der Waals surface area (Å²) in [6.07, 6.45) is 0. The van der Waals surface area contributed by atoms with Crippen LogP contribution in [0.5, 0.6) is 0 Å². The fourth-order valence-electron chi connectivity index (χ4n) is 3.26. The van der Waals surface area contributed by atoms with Crippen LogP contribution in [0.15, 0.2) is 81.7 Å². The van der Waals surface area contributed by atoms with E-state index in [1.807, 2.05) is 48.5 Å². The Bertz CT molecular complexity index is 1430. The van der Waals surface area contributed by atoms with Crippen molar-refractivity contribution in [2.24, 2.45) is 0 Å². The molecule has 0 saturated heterocycles. The molecule has 1 amide bonds. The van der Waals surface area contributed by atoms with Crippen molar-refractivity contribution < 1.29 is 9.21 Å². The fourth-order valence-corrected chi connectivity index (χ4v) is 5.05. The zero-order valence-electron chi connectivity index (χ0n) is 16.2. The van der Waals surface area contributed by atoms with E-state index in [9.17, 15) is 4.79 Å². The van der Waals surface area contributed by atoms with Crippen LogP contribution < -0.4 is 5.32 Å². The van der Waals surface area contributed by atoms with Gasteiger partial charge in [0.05, 0.1) is 20.9 Å². The van der Waals surface area contributed by atoms with Crippen molar-refractivity contribution in [3.63, 3.8) is 0 Å². The van der Waals surface area contributed by atoms with Gasteiger partial charge in [-0.25, -0.2) is 4.98 Å². The molecule has 32 heavy (non-hydrogen) atoms. The van der Waals surface area contributed by atoms with Crippen LogP contribution >= 0.6 is 50.5 Å². The molecular formula is C24H13BrCl2N2O2S. The molecule has 2 aromatic heterocycles. The largest absolute Gasteiger partial charge is 0.451 e. The first-order valence-corrected chi connectivity index (χ1v) is 11.9. The lowest BCUT2D eigenvalue weighted by molar-refractivity contribution is 0.0997. The molecule has 0 aliphatic carbocycles. The van der Waals surface area contributed by atoms with Crippen LogP contribution in [0.1, 0.15) is 10.6 Å². The first kappa shape index (κ1) is 21.2. The summed E-state index contributed by atoms with van der Waals surface area (Å²) in [4.78, 5) is 17.7. The summed E-state index contributed by atoms with van der Waals surface area (Å²) < 4.78 is 7.78. The van der Waals surface area contributed by atoms with Crippen molar-refractivity contribution in [3.05, 3.63) is 93.1 Å². The van der Waals surface area contributed by atoms with Gasteiger partial charge in [0.25, 0.3) is 5.91 Å². The molecule has 8 heteroatoms. The molecule has 4 nitrogen and oxygen atoms in total. The highest BCUT2D eigenvalue weighted by molar-refractivity contribution is 9.10. The van der Waals surface area contributed by atoms with Gasteiger partial charge >= 0.3 is 0 Å². The molecule has 3 aromatic carbocycles. The van der Waals surface area contributed by atoms with E-state index in [1.165, 1.54) is 11.3 Å². The number of fused-ring (bicyclic) bond motifs is 1. The predicted molar refractivity (Wildman–Crippen MR) is 135 cm³/mol. The number of hydrogen-bond acceptors (Lipinski definition) is 4. The SMILES string of the molecule is O=C(Nc1c(Cl)cc(Cl)cc1-c1nc2ccccc2s1)c1ccc(-c2ccc(Br)cc2)o1. The molecule has 158 valence electrons. The number of para-hydroxylation sites is 1. The van der Waals surface area contributed by atoms with Gasteiger partial charge in [-0.2, -0.15) is 0 Å². The maximum absolute atomic E-state index is 13.0. The smallest absolute Gasteiger partial charge is 0.291 e. The van der Waals surface area contributed by atoms with Crippen LogP contribution in [0, 0.1) is 0 Å². The number of carbonyl (C=O) groups excluding carboxylic acids is 1. The lowest BCUT2D eigenvalue weighted by Gasteiger charge is -2.11. The fraction of sp³-hybridized carbons (Fsp3) is 0. The second-order valence-electron chi connectivity index (χ2n) is 6.92. The molecule has 0 radical (unpaired) electrons. The Morgan fingerprint density at radius 2 is 1.78 bits per heavy atom. The number of carbonyl (C=O) groups is 1. The zero-order valence-corrected chi connectivity index (χ0v) is 20.1. The number of amides is 1. The summed E-state index contributed by atoms with van der Waals surface area (Å²) in [5.74, 6) is 0.348. The molecule has 0 atom stereocenters. The Hall–Kier alpha value is -2.64. The number of benzene rings is 3. The van der Waals surface area contributed by atoms with Crippen LogP contribution in [-0.4, -0.2) is 10.9 Å². The molecule has 2 heterocycles. The molecule has 0 aliphatic rings. The lowest BCUT2D eigenvalue weighted by atomic mass is 10.1. The van der Waals surface area contributed by atoms with E-state index in [0.29, 0.717) is 32.1 Å². The number of halogens is 3. The van der Waals surface area contributed by atoms with Gasteiger partial charge < -0.3 is 9.73 Å². The molecule has 0 bridgehead atoms. The monoisotopic (exact) mass is 542 g/mol. The number of furan rings is 1. The number of nitrogens with one attached hydrogen (secondary N) is 1. The number of hydrogen-bond donors (Lipinski definition) is 1. The van der Waals surface area contributed by atoms with E-state index in [-0.39, 0.29) is 5.76 Å². The summed E-state index contributed by atoms with van der Waals surface area (Å²) in [6.45, 7) is 0. The summed E-state index contributed by atoms with van der Waals surface area (Å²) in [6, 6.07) is 22.2. The molecule has 0 saturated carbocycles. The second-order valence-corrected chi connectivity index (χ2v) is 9.71.